The molecule has 1 saturated heterocycles. The molecule has 0 saturated carbocycles. The zero-order chi connectivity index (χ0) is 20.5. The van der Waals surface area contributed by atoms with Crippen molar-refractivity contribution < 1.29 is 18.3 Å². The van der Waals surface area contributed by atoms with Crippen molar-refractivity contribution in [1.29, 1.82) is 0 Å². The van der Waals surface area contributed by atoms with Gasteiger partial charge < -0.3 is 10.4 Å². The average Bonchev–Trinajstić information content (AvgIpc) is 3.18. The van der Waals surface area contributed by atoms with Crippen molar-refractivity contribution in [2.24, 2.45) is 5.92 Å². The topological polar surface area (TPSA) is 86.7 Å². The maximum atomic E-state index is 12.7. The van der Waals surface area contributed by atoms with E-state index in [0.29, 0.717) is 35.8 Å². The Morgan fingerprint density at radius 3 is 2.46 bits per heavy atom. The minimum Gasteiger partial charge on any atom is -0.506 e. The maximum Gasteiger partial charge on any atom is 0.252 e. The molecule has 28 heavy (non-hydrogen) atoms. The Kier molecular flexibility index (Phi) is 5.84. The summed E-state index contributed by atoms with van der Waals surface area (Å²) in [7, 11) is -3.48. The molecule has 0 radical (unpaired) electrons. The second-order valence-corrected chi connectivity index (χ2v) is 11.2. The Bertz CT molecular complexity index is 939. The van der Waals surface area contributed by atoms with Gasteiger partial charge in [0, 0.05) is 19.0 Å². The van der Waals surface area contributed by atoms with Gasteiger partial charge in [-0.25, -0.2) is 8.42 Å². The highest BCUT2D eigenvalue weighted by Gasteiger charge is 2.32. The molecule has 152 valence electrons. The predicted molar refractivity (Wildman–Crippen MR) is 111 cm³/mol. The third-order valence-corrected chi connectivity index (χ3v) is 8.31. The van der Waals surface area contributed by atoms with Crippen LogP contribution in [0.2, 0.25) is 0 Å². The van der Waals surface area contributed by atoms with Crippen LogP contribution in [0.15, 0.2) is 39.9 Å². The number of amides is 1. The number of anilines is 1. The molecule has 0 bridgehead atoms. The lowest BCUT2D eigenvalue weighted by molar-refractivity contribution is -0.120. The molecular formula is C20H26N2O4S2. The summed E-state index contributed by atoms with van der Waals surface area (Å²) in [5, 5.41) is 14.7. The first-order valence-corrected chi connectivity index (χ1v) is 11.6. The van der Waals surface area contributed by atoms with Crippen LogP contribution in [-0.2, 0) is 20.2 Å². The summed E-state index contributed by atoms with van der Waals surface area (Å²) in [6, 6.07) is 8.55. The number of nitrogens with zero attached hydrogens (tertiary/aromatic N) is 1. The van der Waals surface area contributed by atoms with E-state index in [1.807, 2.05) is 6.07 Å². The van der Waals surface area contributed by atoms with Crippen LogP contribution < -0.4 is 5.32 Å². The van der Waals surface area contributed by atoms with Gasteiger partial charge in [0.05, 0.1) is 5.69 Å². The number of rotatable bonds is 4. The molecule has 1 aliphatic rings. The number of nitrogens with one attached hydrogen (secondary N) is 1. The first kappa shape index (κ1) is 20.8. The van der Waals surface area contributed by atoms with Crippen LogP contribution in [0.1, 0.15) is 39.2 Å². The van der Waals surface area contributed by atoms with E-state index in [2.05, 4.69) is 26.1 Å². The van der Waals surface area contributed by atoms with E-state index < -0.39 is 10.0 Å². The zero-order valence-corrected chi connectivity index (χ0v) is 17.9. The second-order valence-electron chi connectivity index (χ2n) is 8.08. The standard InChI is InChI=1S/C20H26N2O4S2/c1-20(2,3)15-6-7-17(23)16(13-15)21-19(24)14-8-10-22(11-9-14)28(25,26)18-5-4-12-27-18/h4-7,12-14,23H,8-11H2,1-3H3,(H,21,24). The van der Waals surface area contributed by atoms with Gasteiger partial charge in [-0.05, 0) is 47.4 Å². The second kappa shape index (κ2) is 7.85. The molecule has 8 heteroatoms. The first-order chi connectivity index (χ1) is 13.1. The lowest BCUT2D eigenvalue weighted by Gasteiger charge is -2.30. The normalized spacial score (nSPS) is 16.8. The van der Waals surface area contributed by atoms with Gasteiger partial charge in [0.2, 0.25) is 5.91 Å². The van der Waals surface area contributed by atoms with Gasteiger partial charge in [0.1, 0.15) is 9.96 Å². The van der Waals surface area contributed by atoms with E-state index in [1.54, 1.807) is 29.6 Å². The predicted octanol–water partition coefficient (Wildman–Crippen LogP) is 3.79. The molecule has 2 heterocycles. The Labute approximate surface area is 170 Å². The number of carbonyl (C=O) groups is 1. The van der Waals surface area contributed by atoms with Gasteiger partial charge in [-0.1, -0.05) is 32.9 Å². The van der Waals surface area contributed by atoms with Crippen molar-refractivity contribution in [3.8, 4) is 5.75 Å². The molecule has 1 fully saturated rings. The highest BCUT2D eigenvalue weighted by atomic mass is 32.2. The number of sulfonamides is 1. The summed E-state index contributed by atoms with van der Waals surface area (Å²) in [5.74, 6) is -0.443. The van der Waals surface area contributed by atoms with Gasteiger partial charge >= 0.3 is 0 Å². The minimum atomic E-state index is -3.48. The van der Waals surface area contributed by atoms with Crippen LogP contribution in [0.4, 0.5) is 5.69 Å². The van der Waals surface area contributed by atoms with Crippen molar-refractivity contribution in [2.75, 3.05) is 18.4 Å². The quantitative estimate of drug-likeness (QED) is 0.734. The number of benzene rings is 1. The largest absolute Gasteiger partial charge is 0.506 e. The van der Waals surface area contributed by atoms with Crippen molar-refractivity contribution >= 4 is 33.0 Å². The Morgan fingerprint density at radius 2 is 1.89 bits per heavy atom. The van der Waals surface area contributed by atoms with Gasteiger partial charge in [-0.15, -0.1) is 11.3 Å². The SMILES string of the molecule is CC(C)(C)c1ccc(O)c(NC(=O)C2CCN(S(=O)(=O)c3cccs3)CC2)c1. The van der Waals surface area contributed by atoms with E-state index in [0.717, 1.165) is 5.56 Å². The Morgan fingerprint density at radius 1 is 1.21 bits per heavy atom. The van der Waals surface area contributed by atoms with Crippen LogP contribution >= 0.6 is 11.3 Å². The molecule has 0 spiro atoms. The third-order valence-electron chi connectivity index (χ3n) is 5.03. The van der Waals surface area contributed by atoms with Gasteiger partial charge in [-0.3, -0.25) is 4.79 Å². The number of piperidine rings is 1. The lowest BCUT2D eigenvalue weighted by atomic mass is 9.86. The van der Waals surface area contributed by atoms with E-state index >= 15 is 0 Å². The highest BCUT2D eigenvalue weighted by molar-refractivity contribution is 7.91. The number of thiophene rings is 1. The van der Waals surface area contributed by atoms with Crippen molar-refractivity contribution in [3.63, 3.8) is 0 Å². The molecule has 6 nitrogen and oxygen atoms in total. The fraction of sp³-hybridized carbons (Fsp3) is 0.450. The monoisotopic (exact) mass is 422 g/mol. The van der Waals surface area contributed by atoms with E-state index in [9.17, 15) is 18.3 Å². The molecule has 3 rings (SSSR count). The molecule has 1 aromatic carbocycles. The molecule has 0 atom stereocenters. The van der Waals surface area contributed by atoms with Crippen LogP contribution in [0, 0.1) is 5.92 Å². The van der Waals surface area contributed by atoms with Crippen LogP contribution in [0.3, 0.4) is 0 Å². The Hall–Kier alpha value is -1.90. The fourth-order valence-corrected chi connectivity index (χ4v) is 5.85. The number of aromatic hydroxyl groups is 1. The smallest absolute Gasteiger partial charge is 0.252 e. The van der Waals surface area contributed by atoms with E-state index in [-0.39, 0.29) is 23.0 Å². The summed E-state index contributed by atoms with van der Waals surface area (Å²) in [4.78, 5) is 12.7. The summed E-state index contributed by atoms with van der Waals surface area (Å²) >= 11 is 1.20. The summed E-state index contributed by atoms with van der Waals surface area (Å²) in [6.45, 7) is 6.82. The summed E-state index contributed by atoms with van der Waals surface area (Å²) in [5.41, 5.74) is 1.30. The van der Waals surface area contributed by atoms with E-state index in [1.165, 1.54) is 15.6 Å². The number of hydrogen-bond acceptors (Lipinski definition) is 5. The molecular weight excluding hydrogens is 396 g/mol. The Balaban J connectivity index is 1.65. The minimum absolute atomic E-state index is 0.0269. The molecule has 0 unspecified atom stereocenters. The molecule has 1 aromatic heterocycles. The van der Waals surface area contributed by atoms with Crippen molar-refractivity contribution in [1.82, 2.24) is 4.31 Å². The maximum absolute atomic E-state index is 12.7. The molecule has 0 aliphatic carbocycles. The van der Waals surface area contributed by atoms with Gasteiger partial charge in [-0.2, -0.15) is 4.31 Å². The number of phenolic OH excluding ortho intramolecular Hbond substituents is 1. The third kappa shape index (κ3) is 4.39. The van der Waals surface area contributed by atoms with Crippen LogP contribution in [0.25, 0.3) is 0 Å². The van der Waals surface area contributed by atoms with Crippen molar-refractivity contribution in [3.05, 3.63) is 41.3 Å². The molecule has 2 N–H and O–H groups in total. The zero-order valence-electron chi connectivity index (χ0n) is 16.3. The van der Waals surface area contributed by atoms with Gasteiger partial charge in [0.15, 0.2) is 0 Å². The number of hydrogen-bond donors (Lipinski definition) is 2. The van der Waals surface area contributed by atoms with Crippen LogP contribution in [0.5, 0.6) is 5.75 Å². The van der Waals surface area contributed by atoms with E-state index in [4.69, 9.17) is 0 Å². The number of carbonyl (C=O) groups excluding carboxylic acids is 1. The fourth-order valence-electron chi connectivity index (χ4n) is 3.23. The first-order valence-electron chi connectivity index (χ1n) is 9.27. The molecule has 1 amide bonds. The highest BCUT2D eigenvalue weighted by Crippen LogP contribution is 2.32. The lowest BCUT2D eigenvalue weighted by Crippen LogP contribution is -2.41. The van der Waals surface area contributed by atoms with Gasteiger partial charge in [0.25, 0.3) is 10.0 Å². The summed E-state index contributed by atoms with van der Waals surface area (Å²) < 4.78 is 27.0. The molecule has 2 aromatic rings. The van der Waals surface area contributed by atoms with Crippen molar-refractivity contribution in [2.45, 2.75) is 43.2 Å². The van der Waals surface area contributed by atoms with Crippen LogP contribution in [-0.4, -0.2) is 36.8 Å². The number of phenols is 1. The summed E-state index contributed by atoms with van der Waals surface area (Å²) in [6.07, 6.45) is 0.909. The average molecular weight is 423 g/mol. The molecule has 1 aliphatic heterocycles.